The first-order valence-electron chi connectivity index (χ1n) is 8.97. The fourth-order valence-corrected chi connectivity index (χ4v) is 5.11. The molecule has 3 aliphatic heterocycles. The molecule has 1 aliphatic carbocycles. The Balaban J connectivity index is 1.37. The van der Waals surface area contributed by atoms with Crippen LogP contribution in [0.5, 0.6) is 0 Å². The molecule has 1 N–H and O–H groups in total. The molecule has 0 spiro atoms. The summed E-state index contributed by atoms with van der Waals surface area (Å²) in [6.45, 7) is 1.56. The van der Waals surface area contributed by atoms with Gasteiger partial charge in [0.2, 0.25) is 5.91 Å². The molecule has 118 valence electrons. The highest BCUT2D eigenvalue weighted by molar-refractivity contribution is 5.77. The Labute approximate surface area is 127 Å². The van der Waals surface area contributed by atoms with Crippen molar-refractivity contribution in [2.45, 2.75) is 82.0 Å². The quantitative estimate of drug-likeness (QED) is 0.847. The highest BCUT2D eigenvalue weighted by Crippen LogP contribution is 2.34. The summed E-state index contributed by atoms with van der Waals surface area (Å²) in [6.07, 6.45) is 11.0. The number of carbonyl (C=O) groups excluding carboxylic acids is 1. The van der Waals surface area contributed by atoms with Crippen molar-refractivity contribution in [1.82, 2.24) is 10.2 Å². The van der Waals surface area contributed by atoms with Crippen molar-refractivity contribution in [2.24, 2.45) is 5.92 Å². The summed E-state index contributed by atoms with van der Waals surface area (Å²) in [5.41, 5.74) is 0. The van der Waals surface area contributed by atoms with Gasteiger partial charge in [0.25, 0.3) is 0 Å². The largest absolute Gasteiger partial charge is 0.374 e. The van der Waals surface area contributed by atoms with E-state index in [9.17, 15) is 4.79 Å². The Bertz CT molecular complexity index is 386. The molecule has 3 heterocycles. The van der Waals surface area contributed by atoms with Gasteiger partial charge >= 0.3 is 0 Å². The zero-order chi connectivity index (χ0) is 14.2. The molecule has 3 saturated heterocycles. The molecule has 2 bridgehead atoms. The normalized spacial score (nSPS) is 42.7. The maximum atomic E-state index is 12.8. The molecule has 1 amide bonds. The predicted molar refractivity (Wildman–Crippen MR) is 81.0 cm³/mol. The molecular formula is C17H28N2O2. The van der Waals surface area contributed by atoms with E-state index in [1.807, 2.05) is 0 Å². The number of nitrogens with one attached hydrogen (secondary N) is 1. The van der Waals surface area contributed by atoms with Gasteiger partial charge in [0.15, 0.2) is 0 Å². The van der Waals surface area contributed by atoms with E-state index in [-0.39, 0.29) is 0 Å². The van der Waals surface area contributed by atoms with E-state index in [0.29, 0.717) is 36.1 Å². The van der Waals surface area contributed by atoms with E-state index >= 15 is 0 Å². The lowest BCUT2D eigenvalue weighted by molar-refractivity contribution is -0.150. The lowest BCUT2D eigenvalue weighted by Crippen LogP contribution is -2.55. The van der Waals surface area contributed by atoms with Crippen molar-refractivity contribution in [3.05, 3.63) is 0 Å². The van der Waals surface area contributed by atoms with Gasteiger partial charge in [0.1, 0.15) is 0 Å². The van der Waals surface area contributed by atoms with Crippen LogP contribution in [0.15, 0.2) is 0 Å². The maximum absolute atomic E-state index is 12.8. The first-order valence-corrected chi connectivity index (χ1v) is 8.97. The lowest BCUT2D eigenvalue weighted by atomic mass is 9.87. The number of piperidine rings is 1. The van der Waals surface area contributed by atoms with Crippen LogP contribution < -0.4 is 5.32 Å². The van der Waals surface area contributed by atoms with E-state index in [4.69, 9.17) is 4.74 Å². The predicted octanol–water partition coefficient (Wildman–Crippen LogP) is 2.08. The van der Waals surface area contributed by atoms with Crippen molar-refractivity contribution in [3.8, 4) is 0 Å². The molecule has 4 fully saturated rings. The Hall–Kier alpha value is -0.610. The summed E-state index contributed by atoms with van der Waals surface area (Å²) >= 11 is 0. The van der Waals surface area contributed by atoms with Crippen LogP contribution in [0.4, 0.5) is 0 Å². The first-order chi connectivity index (χ1) is 10.3. The number of rotatable bonds is 2. The van der Waals surface area contributed by atoms with Crippen LogP contribution in [-0.2, 0) is 9.53 Å². The molecule has 0 radical (unpaired) electrons. The van der Waals surface area contributed by atoms with E-state index in [1.54, 1.807) is 0 Å². The average Bonchev–Trinajstić information content (AvgIpc) is 2.85. The molecule has 4 aliphatic rings. The van der Waals surface area contributed by atoms with Gasteiger partial charge in [-0.2, -0.15) is 0 Å². The van der Waals surface area contributed by atoms with Gasteiger partial charge in [-0.15, -0.1) is 0 Å². The van der Waals surface area contributed by atoms with Gasteiger partial charge in [-0.25, -0.2) is 0 Å². The Morgan fingerprint density at radius 3 is 2.67 bits per heavy atom. The SMILES string of the molecule is O=C(CC1CC2CCC(C1)N2)N1CCOC2CCCCC21. The number of amides is 1. The summed E-state index contributed by atoms with van der Waals surface area (Å²) in [5, 5.41) is 3.67. The minimum atomic E-state index is 0.320. The number of fused-ring (bicyclic) bond motifs is 3. The molecule has 0 aromatic rings. The van der Waals surface area contributed by atoms with E-state index < -0.39 is 0 Å². The molecule has 4 heteroatoms. The second kappa shape index (κ2) is 5.88. The molecule has 21 heavy (non-hydrogen) atoms. The van der Waals surface area contributed by atoms with Crippen molar-refractivity contribution < 1.29 is 9.53 Å². The van der Waals surface area contributed by atoms with Crippen LogP contribution >= 0.6 is 0 Å². The molecule has 1 saturated carbocycles. The number of hydrogen-bond donors (Lipinski definition) is 1. The van der Waals surface area contributed by atoms with Crippen molar-refractivity contribution in [1.29, 1.82) is 0 Å². The smallest absolute Gasteiger partial charge is 0.223 e. The van der Waals surface area contributed by atoms with Crippen molar-refractivity contribution in [3.63, 3.8) is 0 Å². The third kappa shape index (κ3) is 2.85. The van der Waals surface area contributed by atoms with Gasteiger partial charge in [0.05, 0.1) is 18.8 Å². The maximum Gasteiger partial charge on any atom is 0.223 e. The zero-order valence-corrected chi connectivity index (χ0v) is 12.9. The third-order valence-corrected chi connectivity index (χ3v) is 6.09. The third-order valence-electron chi connectivity index (χ3n) is 6.09. The van der Waals surface area contributed by atoms with Gasteiger partial charge in [-0.1, -0.05) is 12.8 Å². The first kappa shape index (κ1) is 14.0. The fourth-order valence-electron chi connectivity index (χ4n) is 5.11. The summed E-state index contributed by atoms with van der Waals surface area (Å²) < 4.78 is 5.89. The molecule has 4 atom stereocenters. The summed E-state index contributed by atoms with van der Waals surface area (Å²) in [7, 11) is 0. The number of nitrogens with zero attached hydrogens (tertiary/aromatic N) is 1. The average molecular weight is 292 g/mol. The van der Waals surface area contributed by atoms with E-state index in [0.717, 1.165) is 32.4 Å². The second-order valence-corrected chi connectivity index (χ2v) is 7.53. The topological polar surface area (TPSA) is 41.6 Å². The summed E-state index contributed by atoms with van der Waals surface area (Å²) in [4.78, 5) is 15.0. The van der Waals surface area contributed by atoms with E-state index in [1.165, 1.54) is 38.5 Å². The number of ether oxygens (including phenoxy) is 1. The minimum Gasteiger partial charge on any atom is -0.374 e. The van der Waals surface area contributed by atoms with Crippen LogP contribution in [0.3, 0.4) is 0 Å². The van der Waals surface area contributed by atoms with E-state index in [2.05, 4.69) is 10.2 Å². The van der Waals surface area contributed by atoms with Crippen LogP contribution in [0, 0.1) is 5.92 Å². The van der Waals surface area contributed by atoms with Crippen LogP contribution in [0.2, 0.25) is 0 Å². The van der Waals surface area contributed by atoms with Crippen LogP contribution in [0.25, 0.3) is 0 Å². The summed E-state index contributed by atoms with van der Waals surface area (Å²) in [5.74, 6) is 1.02. The summed E-state index contributed by atoms with van der Waals surface area (Å²) in [6, 6.07) is 1.75. The molecular weight excluding hydrogens is 264 g/mol. The minimum absolute atomic E-state index is 0.320. The fraction of sp³-hybridized carbons (Fsp3) is 0.941. The molecule has 0 aromatic heterocycles. The monoisotopic (exact) mass is 292 g/mol. The number of hydrogen-bond acceptors (Lipinski definition) is 3. The lowest BCUT2D eigenvalue weighted by Gasteiger charge is -2.44. The van der Waals surface area contributed by atoms with Gasteiger partial charge < -0.3 is 15.0 Å². The van der Waals surface area contributed by atoms with Crippen molar-refractivity contribution in [2.75, 3.05) is 13.2 Å². The van der Waals surface area contributed by atoms with Gasteiger partial charge in [0, 0.05) is 25.0 Å². The van der Waals surface area contributed by atoms with Crippen LogP contribution in [-0.4, -0.2) is 48.2 Å². The second-order valence-electron chi connectivity index (χ2n) is 7.53. The highest BCUT2D eigenvalue weighted by Gasteiger charge is 2.39. The highest BCUT2D eigenvalue weighted by atomic mass is 16.5. The zero-order valence-electron chi connectivity index (χ0n) is 12.9. The number of carbonyl (C=O) groups is 1. The molecule has 4 nitrogen and oxygen atoms in total. The molecule has 4 rings (SSSR count). The standard InChI is InChI=1S/C17H28N2O2/c20-17(11-12-9-13-5-6-14(10-12)18-13)19-7-8-21-16-4-2-1-3-15(16)19/h12-16,18H,1-11H2. The van der Waals surface area contributed by atoms with Gasteiger partial charge in [-0.05, 0) is 44.4 Å². The molecule has 0 aromatic carbocycles. The Morgan fingerprint density at radius 1 is 1.10 bits per heavy atom. The Kier molecular flexibility index (Phi) is 3.92. The number of morpholine rings is 1. The van der Waals surface area contributed by atoms with Gasteiger partial charge in [-0.3, -0.25) is 4.79 Å². The molecule has 4 unspecified atom stereocenters. The van der Waals surface area contributed by atoms with Crippen LogP contribution in [0.1, 0.15) is 57.8 Å². The van der Waals surface area contributed by atoms with Crippen molar-refractivity contribution >= 4 is 5.91 Å². The Morgan fingerprint density at radius 2 is 1.86 bits per heavy atom.